The number of nitrogens with zero attached hydrogens (tertiary/aromatic N) is 1. The zero-order valence-corrected chi connectivity index (χ0v) is 12.1. The van der Waals surface area contributed by atoms with E-state index >= 15 is 0 Å². The molecular formula is C17H15FN2O2. The first-order chi connectivity index (χ1) is 10.6. The van der Waals surface area contributed by atoms with E-state index in [9.17, 15) is 9.18 Å². The molecule has 0 saturated carbocycles. The fourth-order valence-corrected chi connectivity index (χ4v) is 2.32. The summed E-state index contributed by atoms with van der Waals surface area (Å²) in [6.45, 7) is 1.75. The molecule has 1 N–H and O–H groups in total. The van der Waals surface area contributed by atoms with Gasteiger partial charge in [0.05, 0.1) is 5.69 Å². The number of rotatable bonds is 4. The normalized spacial score (nSPS) is 10.8. The van der Waals surface area contributed by atoms with Gasteiger partial charge in [-0.25, -0.2) is 9.37 Å². The molecule has 0 aliphatic rings. The lowest BCUT2D eigenvalue weighted by molar-refractivity contribution is -0.116. The number of benzene rings is 2. The van der Waals surface area contributed by atoms with E-state index in [4.69, 9.17) is 4.42 Å². The third kappa shape index (κ3) is 2.98. The van der Waals surface area contributed by atoms with E-state index in [2.05, 4.69) is 10.3 Å². The van der Waals surface area contributed by atoms with Gasteiger partial charge in [0.25, 0.3) is 0 Å². The van der Waals surface area contributed by atoms with Crippen molar-refractivity contribution in [2.75, 3.05) is 5.32 Å². The van der Waals surface area contributed by atoms with Crippen LogP contribution in [0.5, 0.6) is 0 Å². The highest BCUT2D eigenvalue weighted by Gasteiger charge is 2.11. The van der Waals surface area contributed by atoms with E-state index in [1.54, 1.807) is 37.3 Å². The number of aryl methyl sites for hydroxylation is 2. The van der Waals surface area contributed by atoms with Gasteiger partial charge in [-0.15, -0.1) is 0 Å². The minimum absolute atomic E-state index is 0.190. The highest BCUT2D eigenvalue weighted by atomic mass is 19.1. The number of carbonyl (C=O) groups excluding carboxylic acids is 1. The number of anilines is 1. The van der Waals surface area contributed by atoms with Gasteiger partial charge in [0, 0.05) is 13.3 Å². The average molecular weight is 298 g/mol. The number of oxazole rings is 1. The van der Waals surface area contributed by atoms with Crippen molar-refractivity contribution in [1.82, 2.24) is 4.98 Å². The number of para-hydroxylation sites is 1. The van der Waals surface area contributed by atoms with Crippen molar-refractivity contribution in [1.29, 1.82) is 0 Å². The number of halogens is 1. The summed E-state index contributed by atoms with van der Waals surface area (Å²) >= 11 is 0. The lowest BCUT2D eigenvalue weighted by Gasteiger charge is -2.06. The first-order valence-corrected chi connectivity index (χ1v) is 7.03. The van der Waals surface area contributed by atoms with Gasteiger partial charge in [0.2, 0.25) is 5.91 Å². The van der Waals surface area contributed by atoms with Crippen LogP contribution in [0.1, 0.15) is 17.9 Å². The van der Waals surface area contributed by atoms with Crippen LogP contribution in [0.3, 0.4) is 0 Å². The summed E-state index contributed by atoms with van der Waals surface area (Å²) in [6.07, 6.45) is 0.550. The van der Waals surface area contributed by atoms with Gasteiger partial charge in [-0.05, 0) is 30.2 Å². The van der Waals surface area contributed by atoms with Crippen LogP contribution >= 0.6 is 0 Å². The van der Waals surface area contributed by atoms with Crippen molar-refractivity contribution in [3.63, 3.8) is 0 Å². The molecule has 4 nitrogen and oxygen atoms in total. The molecule has 0 aliphatic carbocycles. The summed E-state index contributed by atoms with van der Waals surface area (Å²) < 4.78 is 19.0. The second-order valence-electron chi connectivity index (χ2n) is 5.03. The number of hydrogen-bond donors (Lipinski definition) is 1. The van der Waals surface area contributed by atoms with Crippen molar-refractivity contribution >= 4 is 22.7 Å². The molecule has 1 aromatic heterocycles. The number of fused-ring (bicyclic) bond motifs is 1. The van der Waals surface area contributed by atoms with Gasteiger partial charge in [0.1, 0.15) is 11.3 Å². The van der Waals surface area contributed by atoms with E-state index in [0.29, 0.717) is 34.7 Å². The molecule has 1 heterocycles. The molecule has 0 radical (unpaired) electrons. The third-order valence-electron chi connectivity index (χ3n) is 3.38. The number of hydrogen-bond acceptors (Lipinski definition) is 3. The van der Waals surface area contributed by atoms with Gasteiger partial charge < -0.3 is 9.73 Å². The predicted octanol–water partition coefficient (Wildman–Crippen LogP) is 3.85. The standard InChI is InChI=1S/C17H15FN2O2/c1-11-19-14-7-4-8-15(17(14)22-11)20-16(21)10-9-12-5-2-3-6-13(12)18/h2-8H,9-10H2,1H3,(H,20,21). The van der Waals surface area contributed by atoms with Crippen LogP contribution in [0.2, 0.25) is 0 Å². The first-order valence-electron chi connectivity index (χ1n) is 7.03. The van der Waals surface area contributed by atoms with Crippen molar-refractivity contribution < 1.29 is 13.6 Å². The van der Waals surface area contributed by atoms with Crippen LogP contribution in [0.25, 0.3) is 11.1 Å². The Kier molecular flexibility index (Phi) is 3.87. The van der Waals surface area contributed by atoms with E-state index < -0.39 is 0 Å². The largest absolute Gasteiger partial charge is 0.439 e. The van der Waals surface area contributed by atoms with Crippen LogP contribution in [0, 0.1) is 12.7 Å². The molecule has 0 aliphatic heterocycles. The fourth-order valence-electron chi connectivity index (χ4n) is 2.32. The summed E-state index contributed by atoms with van der Waals surface area (Å²) in [5.74, 6) is 0.0659. The summed E-state index contributed by atoms with van der Waals surface area (Å²) in [7, 11) is 0. The first kappa shape index (κ1) is 14.3. The molecule has 0 atom stereocenters. The lowest BCUT2D eigenvalue weighted by atomic mass is 10.1. The van der Waals surface area contributed by atoms with Crippen molar-refractivity contribution in [3.05, 3.63) is 59.7 Å². The minimum atomic E-state index is -0.289. The number of nitrogens with one attached hydrogen (secondary N) is 1. The maximum absolute atomic E-state index is 13.5. The van der Waals surface area contributed by atoms with Gasteiger partial charge in [-0.3, -0.25) is 4.79 Å². The van der Waals surface area contributed by atoms with Crippen LogP contribution in [0.15, 0.2) is 46.9 Å². The Morgan fingerprint density at radius 1 is 1.23 bits per heavy atom. The molecule has 22 heavy (non-hydrogen) atoms. The monoisotopic (exact) mass is 298 g/mol. The zero-order chi connectivity index (χ0) is 15.5. The highest BCUT2D eigenvalue weighted by Crippen LogP contribution is 2.24. The second-order valence-corrected chi connectivity index (χ2v) is 5.03. The second kappa shape index (κ2) is 5.97. The molecular weight excluding hydrogens is 283 g/mol. The smallest absolute Gasteiger partial charge is 0.224 e. The summed E-state index contributed by atoms with van der Waals surface area (Å²) in [5, 5.41) is 2.79. The number of amides is 1. The maximum Gasteiger partial charge on any atom is 0.224 e. The molecule has 0 bridgehead atoms. The number of carbonyl (C=O) groups is 1. The molecule has 0 fully saturated rings. The molecule has 0 spiro atoms. The topological polar surface area (TPSA) is 55.1 Å². The average Bonchev–Trinajstić information content (AvgIpc) is 2.88. The molecule has 112 valence electrons. The van der Waals surface area contributed by atoms with E-state index in [0.717, 1.165) is 0 Å². The minimum Gasteiger partial charge on any atom is -0.439 e. The Bertz CT molecular complexity index is 826. The maximum atomic E-state index is 13.5. The Morgan fingerprint density at radius 3 is 2.86 bits per heavy atom. The molecule has 1 amide bonds. The molecule has 5 heteroatoms. The summed E-state index contributed by atoms with van der Waals surface area (Å²) in [6, 6.07) is 11.8. The van der Waals surface area contributed by atoms with Gasteiger partial charge in [-0.2, -0.15) is 0 Å². The Labute approximate surface area is 127 Å². The molecule has 0 saturated heterocycles. The molecule has 0 unspecified atom stereocenters. The van der Waals surface area contributed by atoms with Gasteiger partial charge in [-0.1, -0.05) is 24.3 Å². The van der Waals surface area contributed by atoms with E-state index in [1.165, 1.54) is 6.07 Å². The van der Waals surface area contributed by atoms with Crippen LogP contribution < -0.4 is 5.32 Å². The Morgan fingerprint density at radius 2 is 2.05 bits per heavy atom. The predicted molar refractivity (Wildman–Crippen MR) is 82.1 cm³/mol. The van der Waals surface area contributed by atoms with Crippen molar-refractivity contribution in [3.8, 4) is 0 Å². The van der Waals surface area contributed by atoms with Crippen LogP contribution in [0.4, 0.5) is 10.1 Å². The molecule has 2 aromatic carbocycles. The quantitative estimate of drug-likeness (QED) is 0.796. The number of aromatic nitrogens is 1. The Hall–Kier alpha value is -2.69. The van der Waals surface area contributed by atoms with Gasteiger partial charge >= 0.3 is 0 Å². The molecule has 3 rings (SSSR count). The van der Waals surface area contributed by atoms with Crippen molar-refractivity contribution in [2.24, 2.45) is 0 Å². The molecule has 3 aromatic rings. The fraction of sp³-hybridized carbons (Fsp3) is 0.176. The summed E-state index contributed by atoms with van der Waals surface area (Å²) in [4.78, 5) is 16.3. The lowest BCUT2D eigenvalue weighted by Crippen LogP contribution is -2.12. The highest BCUT2D eigenvalue weighted by molar-refractivity contribution is 5.98. The third-order valence-corrected chi connectivity index (χ3v) is 3.38. The van der Waals surface area contributed by atoms with E-state index in [-0.39, 0.29) is 18.1 Å². The zero-order valence-electron chi connectivity index (χ0n) is 12.1. The van der Waals surface area contributed by atoms with Gasteiger partial charge in [0.15, 0.2) is 11.5 Å². The van der Waals surface area contributed by atoms with Crippen molar-refractivity contribution in [2.45, 2.75) is 19.8 Å². The van der Waals surface area contributed by atoms with Crippen LogP contribution in [-0.2, 0) is 11.2 Å². The Balaban J connectivity index is 1.70. The summed E-state index contributed by atoms with van der Waals surface area (Å²) in [5.41, 5.74) is 2.37. The SMILES string of the molecule is Cc1nc2cccc(NC(=O)CCc3ccccc3F)c2o1. The van der Waals surface area contributed by atoms with E-state index in [1.807, 2.05) is 6.07 Å². The van der Waals surface area contributed by atoms with Crippen LogP contribution in [-0.4, -0.2) is 10.9 Å².